The van der Waals surface area contributed by atoms with Crippen LogP contribution in [-0.2, 0) is 0 Å². The molecule has 38 heavy (non-hydrogen) atoms. The van der Waals surface area contributed by atoms with E-state index in [-0.39, 0.29) is 0 Å². The van der Waals surface area contributed by atoms with Gasteiger partial charge in [0.05, 0.1) is 0 Å². The van der Waals surface area contributed by atoms with Crippen molar-refractivity contribution in [2.45, 2.75) is 206 Å². The van der Waals surface area contributed by atoms with Crippen LogP contribution < -0.4 is 0 Å². The Bertz CT molecular complexity index is 438. The molecule has 0 saturated heterocycles. The fourth-order valence-electron chi connectivity index (χ4n) is 5.26. The fourth-order valence-corrected chi connectivity index (χ4v) is 5.26. The minimum atomic E-state index is 1.30. The number of unbranched alkanes of at least 4 members (excludes halogenated alkanes) is 26. The fraction of sp³-hybridized carbons (Fsp3) is 0.842. The van der Waals surface area contributed by atoms with E-state index in [1.807, 2.05) is 0 Å². The monoisotopic (exact) mass is 529 g/mol. The largest absolute Gasteiger partial charge is 0.0885 e. The quantitative estimate of drug-likeness (QED) is 0.0601. The van der Waals surface area contributed by atoms with E-state index < -0.39 is 0 Å². The van der Waals surface area contributed by atoms with Crippen molar-refractivity contribution in [3.63, 3.8) is 0 Å². The van der Waals surface area contributed by atoms with Crippen molar-refractivity contribution in [3.8, 4) is 0 Å². The Morgan fingerprint density at radius 3 is 0.553 bits per heavy atom. The minimum Gasteiger partial charge on any atom is -0.0885 e. The third-order valence-corrected chi connectivity index (χ3v) is 7.93. The Morgan fingerprint density at radius 1 is 0.211 bits per heavy atom. The van der Waals surface area contributed by atoms with Crippen LogP contribution in [0.2, 0.25) is 0 Å². The van der Waals surface area contributed by atoms with Crippen molar-refractivity contribution in [3.05, 3.63) is 36.5 Å². The van der Waals surface area contributed by atoms with Crippen molar-refractivity contribution in [2.24, 2.45) is 0 Å². The first-order valence-corrected chi connectivity index (χ1v) is 17.9. The van der Waals surface area contributed by atoms with E-state index in [0.29, 0.717) is 0 Å². The van der Waals surface area contributed by atoms with Crippen LogP contribution in [0.5, 0.6) is 0 Å². The Labute approximate surface area is 242 Å². The highest BCUT2D eigenvalue weighted by Gasteiger charge is 1.93. The summed E-state index contributed by atoms with van der Waals surface area (Å²) in [5.74, 6) is 0. The Kier molecular flexibility index (Phi) is 35.5. The van der Waals surface area contributed by atoms with Crippen LogP contribution in [0.1, 0.15) is 206 Å². The second-order valence-electron chi connectivity index (χ2n) is 11.9. The smallest absolute Gasteiger partial charge is 0.0351 e. The second kappa shape index (κ2) is 36.2. The standard InChI is InChI=1S/C38H72/c1-3-5-7-9-11-13-15-17-19-21-23-25-27-29-31-33-35-37-38-36-34-32-30-28-26-24-22-20-18-16-14-12-10-8-6-4-2/h17-20,37-38H,3-16,21-36H2,1-2H3/b19-17-,20-18-,38-37?. The normalized spacial score (nSPS) is 12.2. The summed E-state index contributed by atoms with van der Waals surface area (Å²) >= 11 is 0. The van der Waals surface area contributed by atoms with Gasteiger partial charge in [0.25, 0.3) is 0 Å². The summed E-state index contributed by atoms with van der Waals surface area (Å²) in [6.07, 6.45) is 56.4. The maximum absolute atomic E-state index is 2.45. The SMILES string of the molecule is CCCCCCCC/C=C\CCCCCCCCC=CCCCCCCCC/C=C\CCCCCCCC. The highest BCUT2D eigenvalue weighted by atomic mass is 14.0. The summed E-state index contributed by atoms with van der Waals surface area (Å²) in [6.45, 7) is 4.59. The van der Waals surface area contributed by atoms with E-state index in [2.05, 4.69) is 50.3 Å². The molecule has 0 aromatic rings. The summed E-state index contributed by atoms with van der Waals surface area (Å²) in [4.78, 5) is 0. The van der Waals surface area contributed by atoms with Crippen molar-refractivity contribution in [1.82, 2.24) is 0 Å². The summed E-state index contributed by atoms with van der Waals surface area (Å²) in [5, 5.41) is 0. The molecule has 0 unspecified atom stereocenters. The van der Waals surface area contributed by atoms with Gasteiger partial charge in [-0.25, -0.2) is 0 Å². The molecule has 0 saturated carbocycles. The van der Waals surface area contributed by atoms with Gasteiger partial charge in [-0.05, 0) is 77.0 Å². The lowest BCUT2D eigenvalue weighted by Gasteiger charge is -2.00. The maximum Gasteiger partial charge on any atom is -0.0351 e. The van der Waals surface area contributed by atoms with Gasteiger partial charge < -0.3 is 0 Å². The van der Waals surface area contributed by atoms with E-state index in [4.69, 9.17) is 0 Å². The van der Waals surface area contributed by atoms with Crippen LogP contribution in [0.15, 0.2) is 36.5 Å². The number of hydrogen-bond acceptors (Lipinski definition) is 0. The Morgan fingerprint density at radius 2 is 0.368 bits per heavy atom. The zero-order chi connectivity index (χ0) is 27.5. The first-order chi connectivity index (χ1) is 18.9. The van der Waals surface area contributed by atoms with Gasteiger partial charge in [-0.15, -0.1) is 0 Å². The lowest BCUT2D eigenvalue weighted by atomic mass is 10.1. The predicted octanol–water partition coefficient (Wildman–Crippen LogP) is 14.4. The van der Waals surface area contributed by atoms with Crippen LogP contribution in [0, 0.1) is 0 Å². The Hall–Kier alpha value is -0.780. The van der Waals surface area contributed by atoms with Crippen molar-refractivity contribution in [2.75, 3.05) is 0 Å². The van der Waals surface area contributed by atoms with E-state index >= 15 is 0 Å². The molecule has 0 N–H and O–H groups in total. The molecule has 0 aromatic heterocycles. The molecule has 224 valence electrons. The van der Waals surface area contributed by atoms with Gasteiger partial charge in [0, 0.05) is 0 Å². The summed E-state index contributed by atoms with van der Waals surface area (Å²) in [7, 11) is 0. The summed E-state index contributed by atoms with van der Waals surface area (Å²) in [5.41, 5.74) is 0. The van der Waals surface area contributed by atoms with Crippen LogP contribution >= 0.6 is 0 Å². The molecule has 0 spiro atoms. The molecule has 0 aliphatic carbocycles. The molecule has 0 rings (SSSR count). The average Bonchev–Trinajstić information content (AvgIpc) is 2.93. The minimum absolute atomic E-state index is 1.30. The molecule has 0 heterocycles. The molecule has 0 radical (unpaired) electrons. The number of hydrogen-bond donors (Lipinski definition) is 0. The highest BCUT2D eigenvalue weighted by molar-refractivity contribution is 4.83. The summed E-state index contributed by atoms with van der Waals surface area (Å²) in [6, 6.07) is 0. The molecule has 0 nitrogen and oxygen atoms in total. The zero-order valence-corrected chi connectivity index (χ0v) is 26.7. The molecule has 0 aliphatic rings. The molecule has 0 fully saturated rings. The van der Waals surface area contributed by atoms with Crippen molar-refractivity contribution >= 4 is 0 Å². The van der Waals surface area contributed by atoms with Gasteiger partial charge in [0.15, 0.2) is 0 Å². The highest BCUT2D eigenvalue weighted by Crippen LogP contribution is 2.13. The number of allylic oxidation sites excluding steroid dienone is 6. The third-order valence-electron chi connectivity index (χ3n) is 7.93. The lowest BCUT2D eigenvalue weighted by Crippen LogP contribution is -1.81. The second-order valence-corrected chi connectivity index (χ2v) is 11.9. The van der Waals surface area contributed by atoms with E-state index in [1.165, 1.54) is 193 Å². The maximum atomic E-state index is 2.45. The molecular formula is C38H72. The van der Waals surface area contributed by atoms with E-state index in [1.54, 1.807) is 0 Å². The topological polar surface area (TPSA) is 0 Å². The van der Waals surface area contributed by atoms with E-state index in [0.717, 1.165) is 0 Å². The van der Waals surface area contributed by atoms with Gasteiger partial charge in [-0.3, -0.25) is 0 Å². The third kappa shape index (κ3) is 35.2. The van der Waals surface area contributed by atoms with Gasteiger partial charge in [0.2, 0.25) is 0 Å². The predicted molar refractivity (Wildman–Crippen MR) is 177 cm³/mol. The molecule has 0 aromatic carbocycles. The van der Waals surface area contributed by atoms with Gasteiger partial charge in [0.1, 0.15) is 0 Å². The molecule has 0 atom stereocenters. The zero-order valence-electron chi connectivity index (χ0n) is 26.7. The lowest BCUT2D eigenvalue weighted by molar-refractivity contribution is 0.595. The molecule has 0 bridgehead atoms. The molecule has 0 heteroatoms. The van der Waals surface area contributed by atoms with Crippen LogP contribution in [0.4, 0.5) is 0 Å². The molecule has 0 aliphatic heterocycles. The first-order valence-electron chi connectivity index (χ1n) is 17.9. The average molecular weight is 529 g/mol. The van der Waals surface area contributed by atoms with Gasteiger partial charge >= 0.3 is 0 Å². The molecular weight excluding hydrogens is 456 g/mol. The van der Waals surface area contributed by atoms with E-state index in [9.17, 15) is 0 Å². The first kappa shape index (κ1) is 37.2. The molecule has 0 amide bonds. The van der Waals surface area contributed by atoms with Gasteiger partial charge in [-0.1, -0.05) is 166 Å². The summed E-state index contributed by atoms with van der Waals surface area (Å²) < 4.78 is 0. The van der Waals surface area contributed by atoms with Crippen LogP contribution in [-0.4, -0.2) is 0 Å². The number of rotatable bonds is 32. The van der Waals surface area contributed by atoms with Crippen molar-refractivity contribution in [1.29, 1.82) is 0 Å². The van der Waals surface area contributed by atoms with Gasteiger partial charge in [-0.2, -0.15) is 0 Å². The van der Waals surface area contributed by atoms with Crippen molar-refractivity contribution < 1.29 is 0 Å². The Balaban J connectivity index is 3.16. The van der Waals surface area contributed by atoms with Crippen LogP contribution in [0.3, 0.4) is 0 Å². The van der Waals surface area contributed by atoms with Crippen LogP contribution in [0.25, 0.3) is 0 Å².